The van der Waals surface area contributed by atoms with E-state index in [1.54, 1.807) is 0 Å². The Labute approximate surface area is 92.5 Å². The van der Waals surface area contributed by atoms with E-state index in [1.165, 1.54) is 51.4 Å². The Morgan fingerprint density at radius 1 is 0.714 bits per heavy atom. The Bertz CT molecular complexity index is 76.1. The highest BCUT2D eigenvalue weighted by Crippen LogP contribution is 2.15. The van der Waals surface area contributed by atoms with Crippen LogP contribution in [-0.4, -0.2) is 0 Å². The molecule has 0 rings (SSSR count). The Balaban J connectivity index is 0. The molecule has 0 heteroatoms. The summed E-state index contributed by atoms with van der Waals surface area (Å²) in [6.07, 6.45) is 11.4. The Morgan fingerprint density at radius 3 is 1.71 bits per heavy atom. The highest BCUT2D eigenvalue weighted by molar-refractivity contribution is 4.53. The van der Waals surface area contributed by atoms with E-state index in [4.69, 9.17) is 0 Å². The zero-order valence-corrected chi connectivity index (χ0v) is 11.2. The molecule has 1 atom stereocenters. The van der Waals surface area contributed by atoms with Crippen LogP contribution in [0.4, 0.5) is 0 Å². The molecule has 0 bridgehead atoms. The summed E-state index contributed by atoms with van der Waals surface area (Å²) in [5.74, 6) is 0.974. The van der Waals surface area contributed by atoms with Crippen molar-refractivity contribution in [2.24, 2.45) is 5.92 Å². The highest BCUT2D eigenvalue weighted by Gasteiger charge is 2.00. The fraction of sp³-hybridized carbons (Fsp3) is 1.00. The zero-order valence-electron chi connectivity index (χ0n) is 11.2. The minimum Gasteiger partial charge on any atom is -0.0683 e. The van der Waals surface area contributed by atoms with Crippen molar-refractivity contribution in [2.75, 3.05) is 0 Å². The molecule has 0 radical (unpaired) electrons. The average molecular weight is 200 g/mol. The van der Waals surface area contributed by atoms with Crippen molar-refractivity contribution in [3.05, 3.63) is 0 Å². The minimum absolute atomic E-state index is 0.974. The second-order valence-electron chi connectivity index (χ2n) is 4.10. The van der Waals surface area contributed by atoms with Crippen molar-refractivity contribution in [3.8, 4) is 0 Å². The smallest absolute Gasteiger partial charge is 0.0443 e. The fourth-order valence-electron chi connectivity index (χ4n) is 1.62. The molecule has 0 spiro atoms. The summed E-state index contributed by atoms with van der Waals surface area (Å²) in [6, 6.07) is 0. The summed E-state index contributed by atoms with van der Waals surface area (Å²) in [5.41, 5.74) is 0. The van der Waals surface area contributed by atoms with Crippen molar-refractivity contribution in [3.63, 3.8) is 0 Å². The average Bonchev–Trinajstić information content (AvgIpc) is 2.24. The minimum atomic E-state index is 0.974. The Morgan fingerprint density at radius 2 is 1.21 bits per heavy atom. The molecular formula is C14H32. The molecule has 1 unspecified atom stereocenters. The maximum atomic E-state index is 2.40. The van der Waals surface area contributed by atoms with Crippen LogP contribution in [0.15, 0.2) is 0 Å². The first-order chi connectivity index (χ1) is 6.81. The first-order valence-corrected chi connectivity index (χ1v) is 6.81. The lowest BCUT2D eigenvalue weighted by molar-refractivity contribution is 0.445. The molecule has 0 aromatic rings. The summed E-state index contributed by atoms with van der Waals surface area (Å²) >= 11 is 0. The topological polar surface area (TPSA) is 0 Å². The van der Waals surface area contributed by atoms with E-state index in [-0.39, 0.29) is 0 Å². The van der Waals surface area contributed by atoms with Gasteiger partial charge in [0.1, 0.15) is 0 Å². The van der Waals surface area contributed by atoms with E-state index in [0.29, 0.717) is 0 Å². The van der Waals surface area contributed by atoms with Crippen LogP contribution in [-0.2, 0) is 0 Å². The third kappa shape index (κ3) is 14.5. The van der Waals surface area contributed by atoms with Crippen LogP contribution in [0.2, 0.25) is 0 Å². The maximum Gasteiger partial charge on any atom is -0.0443 e. The van der Waals surface area contributed by atoms with Crippen LogP contribution in [0, 0.1) is 5.92 Å². The van der Waals surface area contributed by atoms with Crippen LogP contribution >= 0.6 is 0 Å². The molecule has 0 amide bonds. The number of hydrogen-bond donors (Lipinski definition) is 0. The normalized spacial score (nSPS) is 11.8. The van der Waals surface area contributed by atoms with Gasteiger partial charge in [0.05, 0.1) is 0 Å². The summed E-state index contributed by atoms with van der Waals surface area (Å²) in [7, 11) is 0. The first-order valence-electron chi connectivity index (χ1n) is 6.81. The van der Waals surface area contributed by atoms with E-state index >= 15 is 0 Å². The molecular weight excluding hydrogens is 168 g/mol. The van der Waals surface area contributed by atoms with Gasteiger partial charge < -0.3 is 0 Å². The Hall–Kier alpha value is 0. The van der Waals surface area contributed by atoms with Crippen molar-refractivity contribution in [1.29, 1.82) is 0 Å². The van der Waals surface area contributed by atoms with Crippen LogP contribution < -0.4 is 0 Å². The van der Waals surface area contributed by atoms with Crippen LogP contribution in [0.25, 0.3) is 0 Å². The van der Waals surface area contributed by atoms with Gasteiger partial charge in [-0.05, 0) is 5.92 Å². The first kappa shape index (κ1) is 16.4. The van der Waals surface area contributed by atoms with Crippen molar-refractivity contribution >= 4 is 0 Å². The quantitative estimate of drug-likeness (QED) is 0.434. The van der Waals surface area contributed by atoms with Gasteiger partial charge in [-0.15, -0.1) is 0 Å². The van der Waals surface area contributed by atoms with Gasteiger partial charge in [0.2, 0.25) is 0 Å². The fourth-order valence-corrected chi connectivity index (χ4v) is 1.62. The van der Waals surface area contributed by atoms with E-state index in [9.17, 15) is 0 Å². The lowest BCUT2D eigenvalue weighted by Gasteiger charge is -2.09. The molecule has 0 aromatic heterocycles. The predicted molar refractivity (Wildman–Crippen MR) is 68.8 cm³/mol. The summed E-state index contributed by atoms with van der Waals surface area (Å²) in [6.45, 7) is 11.0. The second-order valence-corrected chi connectivity index (χ2v) is 4.10. The van der Waals surface area contributed by atoms with E-state index in [1.807, 2.05) is 13.8 Å². The number of hydrogen-bond acceptors (Lipinski definition) is 0. The molecule has 14 heavy (non-hydrogen) atoms. The van der Waals surface area contributed by atoms with Crippen LogP contribution in [0.3, 0.4) is 0 Å². The SMILES string of the molecule is CC.CCCCCCC(C)CCCC. The van der Waals surface area contributed by atoms with Gasteiger partial charge in [-0.1, -0.05) is 86.0 Å². The standard InChI is InChI=1S/C12H26.C2H6/c1-4-6-8-9-11-12(3)10-7-5-2;1-2/h12H,4-11H2,1-3H3;1-2H3. The van der Waals surface area contributed by atoms with Crippen LogP contribution in [0.5, 0.6) is 0 Å². The Kier molecular flexibility index (Phi) is 18.2. The van der Waals surface area contributed by atoms with Crippen molar-refractivity contribution in [2.45, 2.75) is 86.0 Å². The van der Waals surface area contributed by atoms with E-state index in [0.717, 1.165) is 5.92 Å². The van der Waals surface area contributed by atoms with Gasteiger partial charge >= 0.3 is 0 Å². The monoisotopic (exact) mass is 200 g/mol. The summed E-state index contributed by atoms with van der Waals surface area (Å²) < 4.78 is 0. The van der Waals surface area contributed by atoms with Gasteiger partial charge in [-0.3, -0.25) is 0 Å². The lowest BCUT2D eigenvalue weighted by atomic mass is 9.97. The molecule has 88 valence electrons. The second kappa shape index (κ2) is 15.5. The van der Waals surface area contributed by atoms with Gasteiger partial charge in [-0.25, -0.2) is 0 Å². The zero-order chi connectivity index (χ0) is 11.2. The molecule has 0 N–H and O–H groups in total. The lowest BCUT2D eigenvalue weighted by Crippen LogP contribution is -1.94. The molecule has 0 saturated carbocycles. The van der Waals surface area contributed by atoms with Gasteiger partial charge in [0.15, 0.2) is 0 Å². The predicted octanol–water partition coefficient (Wildman–Crippen LogP) is 5.81. The number of rotatable bonds is 8. The maximum absolute atomic E-state index is 2.40. The molecule has 0 heterocycles. The molecule has 0 fully saturated rings. The molecule has 0 saturated heterocycles. The summed E-state index contributed by atoms with van der Waals surface area (Å²) in [4.78, 5) is 0. The van der Waals surface area contributed by atoms with Crippen molar-refractivity contribution in [1.82, 2.24) is 0 Å². The molecule has 0 nitrogen and oxygen atoms in total. The molecule has 0 aromatic carbocycles. The van der Waals surface area contributed by atoms with Gasteiger partial charge in [0, 0.05) is 0 Å². The molecule has 0 aliphatic carbocycles. The van der Waals surface area contributed by atoms with E-state index < -0.39 is 0 Å². The third-order valence-corrected chi connectivity index (χ3v) is 2.60. The van der Waals surface area contributed by atoms with Gasteiger partial charge in [0.25, 0.3) is 0 Å². The molecule has 0 aliphatic heterocycles. The summed E-state index contributed by atoms with van der Waals surface area (Å²) in [5, 5.41) is 0. The van der Waals surface area contributed by atoms with E-state index in [2.05, 4.69) is 20.8 Å². The van der Waals surface area contributed by atoms with Crippen LogP contribution in [0.1, 0.15) is 86.0 Å². The van der Waals surface area contributed by atoms with Gasteiger partial charge in [-0.2, -0.15) is 0 Å². The largest absolute Gasteiger partial charge is 0.0683 e. The van der Waals surface area contributed by atoms with Crippen molar-refractivity contribution < 1.29 is 0 Å². The third-order valence-electron chi connectivity index (χ3n) is 2.60. The number of unbranched alkanes of at least 4 members (excludes halogenated alkanes) is 4. The molecule has 0 aliphatic rings. The highest BCUT2D eigenvalue weighted by atomic mass is 14.1.